The molecule has 1 heterocycles. The summed E-state index contributed by atoms with van der Waals surface area (Å²) >= 11 is 0. The molecule has 1 aromatic heterocycles. The Morgan fingerprint density at radius 3 is 2.79 bits per heavy atom. The van der Waals surface area contributed by atoms with Crippen LogP contribution in [-0.4, -0.2) is 27.5 Å². The summed E-state index contributed by atoms with van der Waals surface area (Å²) < 4.78 is 29.0. The smallest absolute Gasteiger partial charge is 0.132 e. The Kier molecular flexibility index (Phi) is 6.45. The first kappa shape index (κ1) is 18.5. The Bertz CT molecular complexity index is 633. The number of hydrogen-bond acceptors (Lipinski definition) is 3. The molecule has 0 aliphatic heterocycles. The van der Waals surface area contributed by atoms with Gasteiger partial charge in [0.2, 0.25) is 0 Å². The number of nitrogens with one attached hydrogen (secondary N) is 1. The van der Waals surface area contributed by atoms with Crippen LogP contribution in [0.2, 0.25) is 0 Å². The van der Waals surface area contributed by atoms with E-state index in [1.807, 2.05) is 6.92 Å². The van der Waals surface area contributed by atoms with Crippen molar-refractivity contribution < 1.29 is 13.9 Å². The Hall–Kier alpha value is -1.79. The summed E-state index contributed by atoms with van der Waals surface area (Å²) in [6, 6.07) is 5.18. The summed E-state index contributed by atoms with van der Waals surface area (Å²) in [4.78, 5) is 0. The van der Waals surface area contributed by atoms with Gasteiger partial charge in [0.1, 0.15) is 17.2 Å². The van der Waals surface area contributed by atoms with E-state index in [-0.39, 0.29) is 24.7 Å². The van der Waals surface area contributed by atoms with Crippen molar-refractivity contribution in [3.8, 4) is 0 Å². The quantitative estimate of drug-likeness (QED) is 0.739. The van der Waals surface area contributed by atoms with Gasteiger partial charge in [-0.25, -0.2) is 8.78 Å². The summed E-state index contributed by atoms with van der Waals surface area (Å²) in [5, 5.41) is 18.5. The van der Waals surface area contributed by atoms with E-state index in [2.05, 4.69) is 17.3 Å². The lowest BCUT2D eigenvalue weighted by atomic mass is 9.92. The van der Waals surface area contributed by atoms with Gasteiger partial charge in [0.15, 0.2) is 0 Å². The van der Waals surface area contributed by atoms with Crippen LogP contribution in [0.15, 0.2) is 36.7 Å². The van der Waals surface area contributed by atoms with Gasteiger partial charge in [-0.2, -0.15) is 5.10 Å². The molecule has 2 aromatic rings. The summed E-state index contributed by atoms with van der Waals surface area (Å²) in [6.07, 6.45) is 6.44. The van der Waals surface area contributed by atoms with Gasteiger partial charge in [-0.1, -0.05) is 25.8 Å². The zero-order chi connectivity index (χ0) is 17.6. The Balaban J connectivity index is 2.20. The van der Waals surface area contributed by atoms with Crippen LogP contribution in [-0.2, 0) is 12.1 Å². The van der Waals surface area contributed by atoms with Gasteiger partial charge < -0.3 is 10.4 Å². The minimum atomic E-state index is -1.52. The minimum Gasteiger partial charge on any atom is -0.382 e. The highest BCUT2D eigenvalue weighted by Gasteiger charge is 2.33. The molecule has 0 fully saturated rings. The minimum absolute atomic E-state index is 0.0644. The first-order valence-electron chi connectivity index (χ1n) is 8.33. The molecular formula is C18H25F2N3O. The van der Waals surface area contributed by atoms with Crippen LogP contribution < -0.4 is 5.32 Å². The van der Waals surface area contributed by atoms with Crippen molar-refractivity contribution in [1.82, 2.24) is 15.1 Å². The first-order chi connectivity index (χ1) is 11.4. The third kappa shape index (κ3) is 4.85. The normalized spacial score (nSPS) is 15.2. The molecule has 24 heavy (non-hydrogen) atoms. The molecule has 0 spiro atoms. The molecule has 0 saturated carbocycles. The fraction of sp³-hybridized carbons (Fsp3) is 0.500. The van der Waals surface area contributed by atoms with Crippen LogP contribution in [0.5, 0.6) is 0 Å². The maximum absolute atomic E-state index is 14.2. The molecule has 2 rings (SSSR count). The number of benzene rings is 1. The van der Waals surface area contributed by atoms with Gasteiger partial charge in [-0.05, 0) is 25.5 Å². The molecular weight excluding hydrogens is 312 g/mol. The van der Waals surface area contributed by atoms with E-state index in [0.29, 0.717) is 0 Å². The second-order valence-electron chi connectivity index (χ2n) is 6.28. The summed E-state index contributed by atoms with van der Waals surface area (Å²) in [5.41, 5.74) is -1.46. The number of halogens is 2. The average molecular weight is 337 g/mol. The molecule has 6 heteroatoms. The molecule has 0 saturated heterocycles. The van der Waals surface area contributed by atoms with E-state index in [0.717, 1.165) is 31.4 Å². The summed E-state index contributed by atoms with van der Waals surface area (Å²) in [6.45, 7) is 4.38. The van der Waals surface area contributed by atoms with Crippen molar-refractivity contribution in [3.05, 3.63) is 53.9 Å². The highest BCUT2D eigenvalue weighted by Crippen LogP contribution is 2.26. The standard InChI is InChI=1S/C18H25F2N3O/c1-3-4-6-14(2)21-12-18(24,13-23-10-5-9-22-23)16-8-7-15(19)11-17(16)20/h5,7-11,14,21,24H,3-4,6,12-13H2,1-2H3. The van der Waals surface area contributed by atoms with Crippen LogP contribution in [0.25, 0.3) is 0 Å². The topological polar surface area (TPSA) is 50.1 Å². The van der Waals surface area contributed by atoms with Gasteiger partial charge in [-0.3, -0.25) is 4.68 Å². The largest absolute Gasteiger partial charge is 0.382 e. The molecule has 2 N–H and O–H groups in total. The molecule has 0 amide bonds. The van der Waals surface area contributed by atoms with E-state index >= 15 is 0 Å². The maximum Gasteiger partial charge on any atom is 0.132 e. The lowest BCUT2D eigenvalue weighted by molar-refractivity contribution is 0.00978. The van der Waals surface area contributed by atoms with Crippen molar-refractivity contribution in [2.75, 3.05) is 6.54 Å². The average Bonchev–Trinajstić information content (AvgIpc) is 3.03. The van der Waals surface area contributed by atoms with Crippen molar-refractivity contribution in [2.45, 2.75) is 51.3 Å². The highest BCUT2D eigenvalue weighted by molar-refractivity contribution is 5.25. The van der Waals surface area contributed by atoms with Crippen LogP contribution >= 0.6 is 0 Å². The molecule has 2 atom stereocenters. The predicted octanol–water partition coefficient (Wildman–Crippen LogP) is 3.22. The van der Waals surface area contributed by atoms with Gasteiger partial charge in [-0.15, -0.1) is 0 Å². The van der Waals surface area contributed by atoms with Crippen LogP contribution in [0.3, 0.4) is 0 Å². The van der Waals surface area contributed by atoms with Crippen molar-refractivity contribution in [3.63, 3.8) is 0 Å². The van der Waals surface area contributed by atoms with Crippen LogP contribution in [0.1, 0.15) is 38.7 Å². The maximum atomic E-state index is 14.2. The van der Waals surface area contributed by atoms with Crippen molar-refractivity contribution >= 4 is 0 Å². The third-order valence-corrected chi connectivity index (χ3v) is 4.15. The fourth-order valence-electron chi connectivity index (χ4n) is 2.72. The van der Waals surface area contributed by atoms with Crippen molar-refractivity contribution in [2.24, 2.45) is 0 Å². The lowest BCUT2D eigenvalue weighted by Gasteiger charge is -2.31. The van der Waals surface area contributed by atoms with Gasteiger partial charge in [0.25, 0.3) is 0 Å². The van der Waals surface area contributed by atoms with Crippen LogP contribution in [0.4, 0.5) is 8.78 Å². The molecule has 1 aromatic carbocycles. The molecule has 0 radical (unpaired) electrons. The van der Waals surface area contributed by atoms with E-state index in [1.165, 1.54) is 6.07 Å². The van der Waals surface area contributed by atoms with E-state index < -0.39 is 17.2 Å². The van der Waals surface area contributed by atoms with E-state index in [1.54, 1.807) is 23.1 Å². The molecule has 132 valence electrons. The number of nitrogens with zero attached hydrogens (tertiary/aromatic N) is 2. The summed E-state index contributed by atoms with van der Waals surface area (Å²) in [7, 11) is 0. The van der Waals surface area contributed by atoms with Gasteiger partial charge >= 0.3 is 0 Å². The van der Waals surface area contributed by atoms with Crippen molar-refractivity contribution in [1.29, 1.82) is 0 Å². The Morgan fingerprint density at radius 1 is 1.38 bits per heavy atom. The SMILES string of the molecule is CCCCC(C)NCC(O)(Cn1cccn1)c1ccc(F)cc1F. The number of unbranched alkanes of at least 4 members (excludes halogenated alkanes) is 1. The zero-order valence-electron chi connectivity index (χ0n) is 14.2. The zero-order valence-corrected chi connectivity index (χ0v) is 14.2. The third-order valence-electron chi connectivity index (χ3n) is 4.15. The number of hydrogen-bond donors (Lipinski definition) is 2. The van der Waals surface area contributed by atoms with E-state index in [4.69, 9.17) is 0 Å². The molecule has 0 aliphatic carbocycles. The molecule has 0 aliphatic rings. The highest BCUT2D eigenvalue weighted by atomic mass is 19.1. The molecule has 2 unspecified atom stereocenters. The first-order valence-corrected chi connectivity index (χ1v) is 8.33. The van der Waals surface area contributed by atoms with Crippen LogP contribution in [0, 0.1) is 11.6 Å². The Labute approximate surface area is 141 Å². The van der Waals surface area contributed by atoms with Gasteiger partial charge in [0, 0.05) is 36.6 Å². The van der Waals surface area contributed by atoms with E-state index in [9.17, 15) is 13.9 Å². The molecule has 0 bridgehead atoms. The van der Waals surface area contributed by atoms with Gasteiger partial charge in [0.05, 0.1) is 6.54 Å². The monoisotopic (exact) mass is 337 g/mol. The second kappa shape index (κ2) is 8.35. The number of aliphatic hydroxyl groups is 1. The number of aromatic nitrogens is 2. The predicted molar refractivity (Wildman–Crippen MR) is 89.5 cm³/mol. The Morgan fingerprint density at radius 2 is 2.17 bits per heavy atom. The number of rotatable bonds is 9. The molecule has 4 nitrogen and oxygen atoms in total. The fourth-order valence-corrected chi connectivity index (χ4v) is 2.72. The second-order valence-corrected chi connectivity index (χ2v) is 6.28. The lowest BCUT2D eigenvalue weighted by Crippen LogP contribution is -2.45. The summed E-state index contributed by atoms with van der Waals surface area (Å²) in [5.74, 6) is -1.42.